The van der Waals surface area contributed by atoms with Gasteiger partial charge in [-0.25, -0.2) is 0 Å². The Bertz CT molecular complexity index is 283. The summed E-state index contributed by atoms with van der Waals surface area (Å²) in [6.07, 6.45) is 5.26. The average Bonchev–Trinajstić information content (AvgIpc) is 2.87. The monoisotopic (exact) mass is 254 g/mol. The number of likely N-dealkylation sites (tertiary alicyclic amines) is 1. The lowest BCUT2D eigenvalue weighted by Gasteiger charge is -2.31. The third kappa shape index (κ3) is 3.23. The highest BCUT2D eigenvalue weighted by Gasteiger charge is 2.33. The summed E-state index contributed by atoms with van der Waals surface area (Å²) in [6.45, 7) is 5.15. The molecule has 0 radical (unpaired) electrons. The van der Waals surface area contributed by atoms with E-state index in [2.05, 4.69) is 12.2 Å². The molecule has 2 aliphatic heterocycles. The summed E-state index contributed by atoms with van der Waals surface area (Å²) in [6, 6.07) is 0.0385. The molecule has 4 heteroatoms. The molecule has 1 amide bonds. The van der Waals surface area contributed by atoms with Gasteiger partial charge < -0.3 is 15.3 Å². The van der Waals surface area contributed by atoms with E-state index >= 15 is 0 Å². The van der Waals surface area contributed by atoms with Gasteiger partial charge in [0.05, 0.1) is 6.04 Å². The summed E-state index contributed by atoms with van der Waals surface area (Å²) in [4.78, 5) is 14.4. The van der Waals surface area contributed by atoms with Crippen LogP contribution in [0.2, 0.25) is 0 Å². The number of aliphatic hydroxyl groups excluding tert-OH is 1. The molecular weight excluding hydrogens is 228 g/mol. The summed E-state index contributed by atoms with van der Waals surface area (Å²) in [7, 11) is 0. The molecule has 2 heterocycles. The predicted molar refractivity (Wildman–Crippen MR) is 71.2 cm³/mol. The van der Waals surface area contributed by atoms with Crippen molar-refractivity contribution < 1.29 is 9.90 Å². The van der Waals surface area contributed by atoms with Crippen molar-refractivity contribution >= 4 is 5.91 Å². The fourth-order valence-corrected chi connectivity index (χ4v) is 3.23. The number of aliphatic hydroxyl groups is 1. The van der Waals surface area contributed by atoms with Crippen molar-refractivity contribution in [1.29, 1.82) is 0 Å². The molecule has 0 aliphatic carbocycles. The fraction of sp³-hybridized carbons (Fsp3) is 0.929. The SMILES string of the molecule is CCC1CCNC(C(=O)N2CCC(CCO)C2)C1. The molecule has 2 fully saturated rings. The minimum atomic E-state index is 0.0385. The van der Waals surface area contributed by atoms with Gasteiger partial charge in [-0.05, 0) is 44.1 Å². The number of carbonyl (C=O) groups excluding carboxylic acids is 1. The van der Waals surface area contributed by atoms with Crippen molar-refractivity contribution in [1.82, 2.24) is 10.2 Å². The van der Waals surface area contributed by atoms with Gasteiger partial charge >= 0.3 is 0 Å². The molecule has 2 aliphatic rings. The Morgan fingerprint density at radius 3 is 2.94 bits per heavy atom. The number of piperidine rings is 1. The first-order valence-electron chi connectivity index (χ1n) is 7.37. The third-order valence-corrected chi connectivity index (χ3v) is 4.52. The number of nitrogens with zero attached hydrogens (tertiary/aromatic N) is 1. The van der Waals surface area contributed by atoms with Gasteiger partial charge in [-0.1, -0.05) is 13.3 Å². The van der Waals surface area contributed by atoms with E-state index in [-0.39, 0.29) is 18.6 Å². The summed E-state index contributed by atoms with van der Waals surface area (Å²) in [5.41, 5.74) is 0. The largest absolute Gasteiger partial charge is 0.396 e. The van der Waals surface area contributed by atoms with Gasteiger partial charge in [0.2, 0.25) is 5.91 Å². The molecule has 18 heavy (non-hydrogen) atoms. The van der Waals surface area contributed by atoms with Crippen molar-refractivity contribution in [2.75, 3.05) is 26.2 Å². The van der Waals surface area contributed by atoms with E-state index in [4.69, 9.17) is 5.11 Å². The molecule has 0 bridgehead atoms. The van der Waals surface area contributed by atoms with E-state index in [0.29, 0.717) is 11.8 Å². The van der Waals surface area contributed by atoms with Gasteiger partial charge in [0.1, 0.15) is 0 Å². The van der Waals surface area contributed by atoms with Gasteiger partial charge in [0.25, 0.3) is 0 Å². The average molecular weight is 254 g/mol. The second kappa shape index (κ2) is 6.53. The molecule has 2 saturated heterocycles. The highest BCUT2D eigenvalue weighted by Crippen LogP contribution is 2.24. The van der Waals surface area contributed by atoms with Crippen molar-refractivity contribution in [3.05, 3.63) is 0 Å². The van der Waals surface area contributed by atoms with Crippen LogP contribution in [0.15, 0.2) is 0 Å². The molecular formula is C14H26N2O2. The van der Waals surface area contributed by atoms with E-state index in [9.17, 15) is 4.79 Å². The minimum absolute atomic E-state index is 0.0385. The Morgan fingerprint density at radius 2 is 2.22 bits per heavy atom. The van der Waals surface area contributed by atoms with Crippen LogP contribution in [0.3, 0.4) is 0 Å². The van der Waals surface area contributed by atoms with Gasteiger partial charge in [0.15, 0.2) is 0 Å². The molecule has 3 atom stereocenters. The lowest BCUT2D eigenvalue weighted by molar-refractivity contribution is -0.133. The van der Waals surface area contributed by atoms with Gasteiger partial charge in [-0.15, -0.1) is 0 Å². The van der Waals surface area contributed by atoms with E-state index in [1.165, 1.54) is 12.8 Å². The zero-order valence-electron chi connectivity index (χ0n) is 11.4. The van der Waals surface area contributed by atoms with E-state index in [1.807, 2.05) is 4.90 Å². The topological polar surface area (TPSA) is 52.6 Å². The van der Waals surface area contributed by atoms with Crippen molar-refractivity contribution in [3.63, 3.8) is 0 Å². The maximum Gasteiger partial charge on any atom is 0.239 e. The fourth-order valence-electron chi connectivity index (χ4n) is 3.23. The number of hydrogen-bond acceptors (Lipinski definition) is 3. The van der Waals surface area contributed by atoms with Crippen LogP contribution in [0.5, 0.6) is 0 Å². The minimum Gasteiger partial charge on any atom is -0.396 e. The Balaban J connectivity index is 1.84. The van der Waals surface area contributed by atoms with Crippen LogP contribution in [0.4, 0.5) is 0 Å². The molecule has 2 N–H and O–H groups in total. The van der Waals surface area contributed by atoms with Crippen LogP contribution in [0.25, 0.3) is 0 Å². The van der Waals surface area contributed by atoms with Crippen molar-refractivity contribution in [2.45, 2.75) is 45.1 Å². The lowest BCUT2D eigenvalue weighted by Crippen LogP contribution is -2.49. The first-order chi connectivity index (χ1) is 8.74. The molecule has 0 aromatic rings. The number of hydrogen-bond donors (Lipinski definition) is 2. The normalized spacial score (nSPS) is 32.8. The number of rotatable bonds is 4. The summed E-state index contributed by atoms with van der Waals surface area (Å²) in [5.74, 6) is 1.49. The lowest BCUT2D eigenvalue weighted by atomic mass is 9.90. The Kier molecular flexibility index (Phi) is 5.01. The van der Waals surface area contributed by atoms with Gasteiger partial charge in [-0.2, -0.15) is 0 Å². The van der Waals surface area contributed by atoms with E-state index in [1.54, 1.807) is 0 Å². The maximum atomic E-state index is 12.4. The number of amides is 1. The van der Waals surface area contributed by atoms with E-state index < -0.39 is 0 Å². The van der Waals surface area contributed by atoms with Crippen LogP contribution in [0, 0.1) is 11.8 Å². The zero-order valence-corrected chi connectivity index (χ0v) is 11.4. The predicted octanol–water partition coefficient (Wildman–Crippen LogP) is 0.995. The molecule has 3 unspecified atom stereocenters. The third-order valence-electron chi connectivity index (χ3n) is 4.52. The zero-order chi connectivity index (χ0) is 13.0. The molecule has 0 aromatic heterocycles. The molecule has 2 rings (SSSR count). The number of nitrogens with one attached hydrogen (secondary N) is 1. The number of carbonyl (C=O) groups is 1. The first-order valence-corrected chi connectivity index (χ1v) is 7.37. The second-order valence-corrected chi connectivity index (χ2v) is 5.76. The molecule has 4 nitrogen and oxygen atoms in total. The van der Waals surface area contributed by atoms with Crippen LogP contribution >= 0.6 is 0 Å². The van der Waals surface area contributed by atoms with E-state index in [0.717, 1.165) is 38.9 Å². The van der Waals surface area contributed by atoms with Crippen LogP contribution in [0.1, 0.15) is 39.0 Å². The van der Waals surface area contributed by atoms with Crippen molar-refractivity contribution in [3.8, 4) is 0 Å². The Morgan fingerprint density at radius 1 is 1.39 bits per heavy atom. The summed E-state index contributed by atoms with van der Waals surface area (Å²) in [5, 5.41) is 12.3. The van der Waals surface area contributed by atoms with Crippen LogP contribution < -0.4 is 5.32 Å². The molecule has 0 spiro atoms. The van der Waals surface area contributed by atoms with Crippen molar-refractivity contribution in [2.24, 2.45) is 11.8 Å². The standard InChI is InChI=1S/C14H26N2O2/c1-2-11-3-6-15-13(9-11)14(18)16-7-4-12(10-16)5-8-17/h11-13,15,17H,2-10H2,1H3. The first kappa shape index (κ1) is 13.8. The summed E-state index contributed by atoms with van der Waals surface area (Å²) >= 11 is 0. The molecule has 0 aromatic carbocycles. The smallest absolute Gasteiger partial charge is 0.239 e. The molecule has 0 saturated carbocycles. The maximum absolute atomic E-state index is 12.4. The Hall–Kier alpha value is -0.610. The summed E-state index contributed by atoms with van der Waals surface area (Å²) < 4.78 is 0. The van der Waals surface area contributed by atoms with Crippen LogP contribution in [-0.4, -0.2) is 48.2 Å². The highest BCUT2D eigenvalue weighted by atomic mass is 16.3. The van der Waals surface area contributed by atoms with Crippen LogP contribution in [-0.2, 0) is 4.79 Å². The van der Waals surface area contributed by atoms with Gasteiger partial charge in [0, 0.05) is 19.7 Å². The van der Waals surface area contributed by atoms with Gasteiger partial charge in [-0.3, -0.25) is 4.79 Å². The second-order valence-electron chi connectivity index (χ2n) is 5.76. The molecule has 104 valence electrons. The highest BCUT2D eigenvalue weighted by molar-refractivity contribution is 5.82. The Labute approximate surface area is 110 Å². The quantitative estimate of drug-likeness (QED) is 0.787.